The molecule has 0 radical (unpaired) electrons. The molecule has 1 aromatic heterocycles. The van der Waals surface area contributed by atoms with Crippen molar-refractivity contribution < 1.29 is 13.9 Å². The number of carbonyl (C=O) groups is 1. The van der Waals surface area contributed by atoms with E-state index in [-0.39, 0.29) is 24.6 Å². The molecule has 0 aromatic carbocycles. The third kappa shape index (κ3) is 4.14. The Morgan fingerprint density at radius 1 is 1.35 bits per heavy atom. The number of rotatable bonds is 5. The lowest BCUT2D eigenvalue weighted by atomic mass is 9.73. The maximum Gasteiger partial charge on any atom is 0.225 e. The van der Waals surface area contributed by atoms with Crippen molar-refractivity contribution in [3.8, 4) is 0 Å². The van der Waals surface area contributed by atoms with E-state index in [0.717, 1.165) is 25.7 Å². The van der Waals surface area contributed by atoms with Crippen LogP contribution in [0.15, 0.2) is 6.20 Å². The van der Waals surface area contributed by atoms with Crippen LogP contribution in [0.5, 0.6) is 0 Å². The fraction of sp³-hybridized carbons (Fsp3) is 0.706. The second kappa shape index (κ2) is 7.61. The number of anilines is 3. The lowest BCUT2D eigenvalue weighted by Gasteiger charge is -2.35. The second-order valence-electron chi connectivity index (χ2n) is 7.47. The van der Waals surface area contributed by atoms with Crippen molar-refractivity contribution in [2.24, 2.45) is 11.1 Å². The van der Waals surface area contributed by atoms with Gasteiger partial charge in [-0.15, -0.1) is 0 Å². The summed E-state index contributed by atoms with van der Waals surface area (Å²) >= 11 is 0. The van der Waals surface area contributed by atoms with Gasteiger partial charge in [0.2, 0.25) is 11.9 Å². The molecule has 3 rings (SSSR count). The summed E-state index contributed by atoms with van der Waals surface area (Å²) < 4.78 is 19.0. The van der Waals surface area contributed by atoms with Gasteiger partial charge in [0.15, 0.2) is 5.82 Å². The van der Waals surface area contributed by atoms with Gasteiger partial charge in [0.25, 0.3) is 0 Å². The van der Waals surface area contributed by atoms with Crippen LogP contribution in [0.2, 0.25) is 0 Å². The predicted molar refractivity (Wildman–Crippen MR) is 97.4 cm³/mol. The highest BCUT2D eigenvalue weighted by Crippen LogP contribution is 2.36. The van der Waals surface area contributed by atoms with Crippen molar-refractivity contribution in [3.63, 3.8) is 0 Å². The topological polar surface area (TPSA) is 128 Å². The Hall–Kier alpha value is -2.16. The number of nitrogens with zero attached hydrogens (tertiary/aromatic N) is 2. The number of hydrogen-bond donors (Lipinski definition) is 4. The standard InChI is InChI=1S/C17H27FN6O2/c1-17(15(20)25)5-2-10(3-6-17)22-14-12(19)8-21-16(24-14)23-13-4-7-26-9-11(13)18/h8,10-11,13H,2-7,9,19H2,1H3,(H2,20,25)(H2,21,22,23,24)/t10?,11-,13+,17?/m1/s1. The number of amides is 1. The number of primary amides is 1. The minimum absolute atomic E-state index is 0.0818. The lowest BCUT2D eigenvalue weighted by Crippen LogP contribution is -2.41. The molecule has 0 bridgehead atoms. The molecule has 1 aliphatic heterocycles. The lowest BCUT2D eigenvalue weighted by molar-refractivity contribution is -0.128. The zero-order valence-corrected chi connectivity index (χ0v) is 15.0. The molecule has 2 atom stereocenters. The molecular formula is C17H27FN6O2. The highest BCUT2D eigenvalue weighted by atomic mass is 19.1. The SMILES string of the molecule is CC1(C(N)=O)CCC(Nc2nc(N[C@H]3CCOC[C@H]3F)ncc2N)CC1. The van der Waals surface area contributed by atoms with Gasteiger partial charge in [0.05, 0.1) is 24.5 Å². The van der Waals surface area contributed by atoms with Crippen LogP contribution in [0, 0.1) is 5.41 Å². The summed E-state index contributed by atoms with van der Waals surface area (Å²) in [6.07, 6.45) is 4.04. The highest BCUT2D eigenvalue weighted by molar-refractivity contribution is 5.80. The average molecular weight is 366 g/mol. The smallest absolute Gasteiger partial charge is 0.225 e. The molecule has 1 amide bonds. The van der Waals surface area contributed by atoms with E-state index in [2.05, 4.69) is 20.6 Å². The van der Waals surface area contributed by atoms with E-state index in [4.69, 9.17) is 16.2 Å². The Morgan fingerprint density at radius 2 is 2.08 bits per heavy atom. The minimum Gasteiger partial charge on any atom is -0.394 e. The molecule has 144 valence electrons. The summed E-state index contributed by atoms with van der Waals surface area (Å²) in [6, 6.07) is -0.212. The van der Waals surface area contributed by atoms with Crippen LogP contribution in [0.1, 0.15) is 39.0 Å². The van der Waals surface area contributed by atoms with Crippen molar-refractivity contribution in [2.45, 2.75) is 57.3 Å². The first-order chi connectivity index (χ1) is 12.4. The fourth-order valence-corrected chi connectivity index (χ4v) is 3.45. The number of hydrogen-bond acceptors (Lipinski definition) is 7. The number of nitrogen functional groups attached to an aromatic ring is 1. The molecule has 0 unspecified atom stereocenters. The summed E-state index contributed by atoms with van der Waals surface area (Å²) in [7, 11) is 0. The summed E-state index contributed by atoms with van der Waals surface area (Å²) in [5, 5.41) is 6.36. The van der Waals surface area contributed by atoms with Gasteiger partial charge in [-0.3, -0.25) is 4.79 Å². The van der Waals surface area contributed by atoms with Gasteiger partial charge in [0, 0.05) is 18.1 Å². The number of aromatic nitrogens is 2. The molecule has 1 saturated heterocycles. The Balaban J connectivity index is 1.62. The van der Waals surface area contributed by atoms with Gasteiger partial charge in [-0.25, -0.2) is 9.37 Å². The van der Waals surface area contributed by atoms with Crippen LogP contribution in [-0.4, -0.2) is 47.3 Å². The number of halogens is 1. The van der Waals surface area contributed by atoms with Crippen LogP contribution in [-0.2, 0) is 9.53 Å². The van der Waals surface area contributed by atoms with Crippen LogP contribution < -0.4 is 22.1 Å². The molecule has 1 aromatic rings. The molecule has 2 fully saturated rings. The maximum atomic E-state index is 13.9. The number of carbonyl (C=O) groups excluding carboxylic acids is 1. The highest BCUT2D eigenvalue weighted by Gasteiger charge is 2.36. The number of nitrogens with two attached hydrogens (primary N) is 2. The third-order valence-electron chi connectivity index (χ3n) is 5.44. The normalized spacial score (nSPS) is 32.0. The summed E-state index contributed by atoms with van der Waals surface area (Å²) in [6.45, 7) is 2.51. The van der Waals surface area contributed by atoms with Gasteiger partial charge < -0.3 is 26.8 Å². The summed E-state index contributed by atoms with van der Waals surface area (Å²) in [5.41, 5.74) is 11.5. The molecule has 1 aliphatic carbocycles. The molecule has 0 spiro atoms. The molecule has 1 saturated carbocycles. The van der Waals surface area contributed by atoms with Crippen LogP contribution >= 0.6 is 0 Å². The molecular weight excluding hydrogens is 339 g/mol. The molecule has 8 nitrogen and oxygen atoms in total. The number of ether oxygens (including phenoxy) is 1. The number of nitrogens with one attached hydrogen (secondary N) is 2. The predicted octanol–water partition coefficient (Wildman–Crippen LogP) is 1.44. The second-order valence-corrected chi connectivity index (χ2v) is 7.47. The zero-order valence-electron chi connectivity index (χ0n) is 15.0. The van der Waals surface area contributed by atoms with Crippen LogP contribution in [0.4, 0.5) is 21.8 Å². The quantitative estimate of drug-likeness (QED) is 0.621. The van der Waals surface area contributed by atoms with E-state index in [9.17, 15) is 9.18 Å². The average Bonchev–Trinajstić information content (AvgIpc) is 2.62. The van der Waals surface area contributed by atoms with Crippen LogP contribution in [0.3, 0.4) is 0 Å². The van der Waals surface area contributed by atoms with Crippen molar-refractivity contribution >= 4 is 23.4 Å². The maximum absolute atomic E-state index is 13.9. The number of alkyl halides is 1. The van der Waals surface area contributed by atoms with Gasteiger partial charge in [-0.1, -0.05) is 6.92 Å². The van der Waals surface area contributed by atoms with E-state index < -0.39 is 11.6 Å². The van der Waals surface area contributed by atoms with Crippen molar-refractivity contribution in [3.05, 3.63) is 6.20 Å². The van der Waals surface area contributed by atoms with E-state index in [1.807, 2.05) is 6.92 Å². The van der Waals surface area contributed by atoms with E-state index in [0.29, 0.717) is 30.5 Å². The first-order valence-electron chi connectivity index (χ1n) is 9.05. The molecule has 2 aliphatic rings. The van der Waals surface area contributed by atoms with E-state index in [1.165, 1.54) is 6.20 Å². The Bertz CT molecular complexity index is 650. The van der Waals surface area contributed by atoms with Crippen LogP contribution in [0.25, 0.3) is 0 Å². The third-order valence-corrected chi connectivity index (χ3v) is 5.44. The van der Waals surface area contributed by atoms with Crippen molar-refractivity contribution in [2.75, 3.05) is 29.6 Å². The van der Waals surface area contributed by atoms with E-state index in [1.54, 1.807) is 0 Å². The first-order valence-corrected chi connectivity index (χ1v) is 9.05. The van der Waals surface area contributed by atoms with Crippen molar-refractivity contribution in [1.82, 2.24) is 9.97 Å². The fourth-order valence-electron chi connectivity index (χ4n) is 3.45. The Labute approximate surface area is 152 Å². The van der Waals surface area contributed by atoms with Gasteiger partial charge in [-0.05, 0) is 32.1 Å². The molecule has 2 heterocycles. The van der Waals surface area contributed by atoms with E-state index >= 15 is 0 Å². The minimum atomic E-state index is -1.09. The van der Waals surface area contributed by atoms with Gasteiger partial charge >= 0.3 is 0 Å². The first kappa shape index (κ1) is 18.6. The van der Waals surface area contributed by atoms with Crippen molar-refractivity contribution in [1.29, 1.82) is 0 Å². The molecule has 6 N–H and O–H groups in total. The molecule has 26 heavy (non-hydrogen) atoms. The van der Waals surface area contributed by atoms with Gasteiger partial charge in [-0.2, -0.15) is 4.98 Å². The summed E-state index contributed by atoms with van der Waals surface area (Å²) in [5.74, 6) is 0.618. The monoisotopic (exact) mass is 366 g/mol. The largest absolute Gasteiger partial charge is 0.394 e. The van der Waals surface area contributed by atoms with Gasteiger partial charge in [0.1, 0.15) is 6.17 Å². The zero-order chi connectivity index (χ0) is 18.7. The Morgan fingerprint density at radius 3 is 2.73 bits per heavy atom. The summed E-state index contributed by atoms with van der Waals surface area (Å²) in [4.78, 5) is 20.1. The molecule has 9 heteroatoms. The Kier molecular flexibility index (Phi) is 5.45.